The van der Waals surface area contributed by atoms with E-state index in [1.165, 1.54) is 0 Å². The lowest BCUT2D eigenvalue weighted by Crippen LogP contribution is -2.33. The van der Waals surface area contributed by atoms with E-state index >= 15 is 0 Å². The summed E-state index contributed by atoms with van der Waals surface area (Å²) in [5, 5.41) is 4.20. The molecule has 5 nitrogen and oxygen atoms in total. The molecule has 4 rings (SSSR count). The minimum atomic E-state index is -0.476. The Morgan fingerprint density at radius 2 is 2.00 bits per heavy atom. The van der Waals surface area contributed by atoms with Gasteiger partial charge in [0.05, 0.1) is 5.56 Å². The monoisotopic (exact) mass is 390 g/mol. The van der Waals surface area contributed by atoms with E-state index in [1.54, 1.807) is 36.4 Å². The van der Waals surface area contributed by atoms with Gasteiger partial charge in [-0.2, -0.15) is 0 Å². The lowest BCUT2D eigenvalue weighted by atomic mass is 10.1. The number of nitrogens with one attached hydrogen (secondary N) is 1. The van der Waals surface area contributed by atoms with Crippen molar-refractivity contribution in [1.29, 1.82) is 0 Å². The summed E-state index contributed by atoms with van der Waals surface area (Å²) in [5.74, 6) is 0.0173. The van der Waals surface area contributed by atoms with Crippen LogP contribution < -0.4 is 5.32 Å². The second-order valence-corrected chi connectivity index (χ2v) is 7.50. The van der Waals surface area contributed by atoms with Gasteiger partial charge in [0.25, 0.3) is 0 Å². The van der Waals surface area contributed by atoms with Crippen LogP contribution in [0.15, 0.2) is 40.8 Å². The van der Waals surface area contributed by atoms with Gasteiger partial charge < -0.3 is 14.5 Å². The van der Waals surface area contributed by atoms with E-state index in [9.17, 15) is 4.79 Å². The summed E-state index contributed by atoms with van der Waals surface area (Å²) in [6.45, 7) is 3.43. The van der Waals surface area contributed by atoms with Crippen molar-refractivity contribution in [3.63, 3.8) is 0 Å². The predicted octanol–water partition coefficient (Wildman–Crippen LogP) is 4.71. The Labute approximate surface area is 160 Å². The van der Waals surface area contributed by atoms with Crippen LogP contribution in [0.5, 0.6) is 0 Å². The van der Waals surface area contributed by atoms with Gasteiger partial charge in [-0.15, -0.1) is 0 Å². The molecule has 1 fully saturated rings. The smallest absolute Gasteiger partial charge is 0.338 e. The summed E-state index contributed by atoms with van der Waals surface area (Å²) in [6, 6.07) is 10.2. The molecule has 0 amide bonds. The number of oxazole rings is 1. The number of esters is 1. The lowest BCUT2D eigenvalue weighted by Gasteiger charge is -2.23. The van der Waals surface area contributed by atoms with Crippen molar-refractivity contribution in [3.05, 3.63) is 52.0 Å². The Morgan fingerprint density at radius 3 is 2.69 bits per heavy atom. The number of halogens is 2. The zero-order valence-electron chi connectivity index (χ0n) is 14.0. The number of hydrogen-bond donors (Lipinski definition) is 1. The molecule has 1 N–H and O–H groups in total. The number of fused-ring (bicyclic) bond motifs is 1. The Kier molecular flexibility index (Phi) is 4.39. The average Bonchev–Trinajstić information content (AvgIpc) is 3.19. The highest BCUT2D eigenvalue weighted by atomic mass is 35.5. The number of rotatable bonds is 3. The van der Waals surface area contributed by atoms with E-state index in [4.69, 9.17) is 32.4 Å². The van der Waals surface area contributed by atoms with Gasteiger partial charge in [-0.05, 0) is 49.9 Å². The van der Waals surface area contributed by atoms with Crippen molar-refractivity contribution in [2.75, 3.05) is 13.1 Å². The summed E-state index contributed by atoms with van der Waals surface area (Å²) < 4.78 is 11.5. The van der Waals surface area contributed by atoms with Crippen LogP contribution in [0.3, 0.4) is 0 Å². The zero-order valence-corrected chi connectivity index (χ0v) is 15.5. The fraction of sp³-hybridized carbons (Fsp3) is 0.263. The van der Waals surface area contributed by atoms with Crippen LogP contribution >= 0.6 is 23.2 Å². The second-order valence-electron chi connectivity index (χ2n) is 6.63. The number of hydrogen-bond acceptors (Lipinski definition) is 5. The predicted molar refractivity (Wildman–Crippen MR) is 101 cm³/mol. The molecule has 3 aromatic rings. The van der Waals surface area contributed by atoms with Crippen molar-refractivity contribution in [1.82, 2.24) is 10.3 Å². The SMILES string of the molecule is CC1(OC(=O)c2ccc3nc(-c4cc(Cl)cc(Cl)c4)oc3c2)CCNC1. The third-order valence-electron chi connectivity index (χ3n) is 4.40. The number of carbonyl (C=O) groups excluding carboxylic acids is 1. The molecule has 1 aliphatic rings. The highest BCUT2D eigenvalue weighted by Crippen LogP contribution is 2.30. The molecular formula is C19H16Cl2N2O3. The van der Waals surface area contributed by atoms with Crippen LogP contribution in [-0.4, -0.2) is 29.6 Å². The second kappa shape index (κ2) is 6.58. The van der Waals surface area contributed by atoms with Crippen LogP contribution in [0, 0.1) is 0 Å². The first kappa shape index (κ1) is 17.3. The summed E-state index contributed by atoms with van der Waals surface area (Å²) in [4.78, 5) is 16.9. The van der Waals surface area contributed by atoms with Crippen molar-refractivity contribution in [3.8, 4) is 11.5 Å². The molecule has 0 saturated carbocycles. The van der Waals surface area contributed by atoms with Crippen LogP contribution in [0.2, 0.25) is 10.0 Å². The highest BCUT2D eigenvalue weighted by molar-refractivity contribution is 6.35. The van der Waals surface area contributed by atoms with E-state index in [-0.39, 0.29) is 5.97 Å². The molecule has 2 aromatic carbocycles. The molecule has 26 heavy (non-hydrogen) atoms. The first-order valence-electron chi connectivity index (χ1n) is 8.23. The topological polar surface area (TPSA) is 64.4 Å². The van der Waals surface area contributed by atoms with Crippen molar-refractivity contribution in [2.24, 2.45) is 0 Å². The van der Waals surface area contributed by atoms with E-state index in [0.717, 1.165) is 13.0 Å². The van der Waals surface area contributed by atoms with Gasteiger partial charge in [0, 0.05) is 28.6 Å². The maximum atomic E-state index is 12.5. The Morgan fingerprint density at radius 1 is 1.23 bits per heavy atom. The first-order chi connectivity index (χ1) is 12.4. The molecule has 1 aliphatic heterocycles. The van der Waals surface area contributed by atoms with Gasteiger partial charge in [-0.3, -0.25) is 0 Å². The fourth-order valence-corrected chi connectivity index (χ4v) is 3.54. The quantitative estimate of drug-likeness (QED) is 0.655. The molecule has 1 aromatic heterocycles. The standard InChI is InChI=1S/C19H16Cl2N2O3/c1-19(4-5-22-10-19)26-18(24)11-2-3-15-16(8-11)25-17(23-15)12-6-13(20)9-14(21)7-12/h2-3,6-9,22H,4-5,10H2,1H3. The highest BCUT2D eigenvalue weighted by Gasteiger charge is 2.33. The van der Waals surface area contributed by atoms with Gasteiger partial charge in [-0.25, -0.2) is 9.78 Å². The van der Waals surface area contributed by atoms with E-state index in [1.807, 2.05) is 6.92 Å². The Hall–Kier alpha value is -2.08. The molecule has 134 valence electrons. The van der Waals surface area contributed by atoms with Gasteiger partial charge in [0.15, 0.2) is 5.58 Å². The molecule has 0 spiro atoms. The summed E-state index contributed by atoms with van der Waals surface area (Å²) >= 11 is 12.1. The van der Waals surface area contributed by atoms with E-state index in [0.29, 0.717) is 44.7 Å². The van der Waals surface area contributed by atoms with Crippen LogP contribution in [-0.2, 0) is 4.74 Å². The zero-order chi connectivity index (χ0) is 18.3. The summed E-state index contributed by atoms with van der Waals surface area (Å²) in [5.41, 5.74) is 1.77. The number of benzene rings is 2. The third-order valence-corrected chi connectivity index (χ3v) is 4.84. The largest absolute Gasteiger partial charge is 0.454 e. The minimum Gasteiger partial charge on any atom is -0.454 e. The maximum absolute atomic E-state index is 12.5. The minimum absolute atomic E-state index is 0.373. The Balaban J connectivity index is 1.64. The number of carbonyl (C=O) groups is 1. The maximum Gasteiger partial charge on any atom is 0.338 e. The van der Waals surface area contributed by atoms with Crippen LogP contribution in [0.25, 0.3) is 22.6 Å². The molecule has 1 atom stereocenters. The van der Waals surface area contributed by atoms with Crippen molar-refractivity contribution >= 4 is 40.3 Å². The normalized spacial score (nSPS) is 19.8. The average molecular weight is 391 g/mol. The molecule has 1 saturated heterocycles. The molecule has 7 heteroatoms. The van der Waals surface area contributed by atoms with Gasteiger partial charge in [0.2, 0.25) is 5.89 Å². The molecule has 1 unspecified atom stereocenters. The molecule has 0 bridgehead atoms. The van der Waals surface area contributed by atoms with Gasteiger partial charge in [0.1, 0.15) is 11.1 Å². The molecule has 0 aliphatic carbocycles. The lowest BCUT2D eigenvalue weighted by molar-refractivity contribution is -0.000249. The van der Waals surface area contributed by atoms with E-state index in [2.05, 4.69) is 10.3 Å². The van der Waals surface area contributed by atoms with Crippen molar-refractivity contribution in [2.45, 2.75) is 18.9 Å². The van der Waals surface area contributed by atoms with E-state index < -0.39 is 5.60 Å². The van der Waals surface area contributed by atoms with Gasteiger partial charge >= 0.3 is 5.97 Å². The number of nitrogens with zero attached hydrogens (tertiary/aromatic N) is 1. The summed E-state index contributed by atoms with van der Waals surface area (Å²) in [7, 11) is 0. The number of aromatic nitrogens is 1. The fourth-order valence-electron chi connectivity index (χ4n) is 3.02. The van der Waals surface area contributed by atoms with Crippen LogP contribution in [0.4, 0.5) is 0 Å². The molecular weight excluding hydrogens is 375 g/mol. The third kappa shape index (κ3) is 3.43. The first-order valence-corrected chi connectivity index (χ1v) is 8.99. The van der Waals surface area contributed by atoms with Crippen LogP contribution in [0.1, 0.15) is 23.7 Å². The number of ether oxygens (including phenoxy) is 1. The van der Waals surface area contributed by atoms with Crippen molar-refractivity contribution < 1.29 is 13.9 Å². The molecule has 0 radical (unpaired) electrons. The van der Waals surface area contributed by atoms with Gasteiger partial charge in [-0.1, -0.05) is 23.2 Å². The Bertz CT molecular complexity index is 973. The summed E-state index contributed by atoms with van der Waals surface area (Å²) in [6.07, 6.45) is 0.795. The molecule has 2 heterocycles.